The Morgan fingerprint density at radius 3 is 2.22 bits per heavy atom. The fourth-order valence-corrected chi connectivity index (χ4v) is 6.72. The van der Waals surface area contributed by atoms with Gasteiger partial charge in [-0.3, -0.25) is 14.4 Å². The molecule has 274 valence electrons. The predicted molar refractivity (Wildman–Crippen MR) is 156 cm³/mol. The zero-order valence-electron chi connectivity index (χ0n) is 26.6. The Morgan fingerprint density at radius 1 is 1.06 bits per heavy atom. The second-order valence-corrected chi connectivity index (χ2v) is 13.1. The first-order chi connectivity index (χ1) is 23.1. The number of hydrogen-bond acceptors (Lipinski definition) is 6. The van der Waals surface area contributed by atoms with E-state index >= 15 is 4.39 Å². The molecule has 3 aliphatic rings. The molecule has 1 aromatic carbocycles. The summed E-state index contributed by atoms with van der Waals surface area (Å²) in [6.45, 7) is -3.37. The molecule has 20 heteroatoms. The molecule has 2 saturated heterocycles. The number of fused-ring (bicyclic) bond motifs is 1. The summed E-state index contributed by atoms with van der Waals surface area (Å²) in [4.78, 5) is 46.6. The number of carbonyl (C=O) groups excluding carboxylic acids is 3. The number of nitrogens with one attached hydrogen (secondary N) is 2. The molecule has 5 N–H and O–H groups in total. The van der Waals surface area contributed by atoms with Crippen LogP contribution in [-0.4, -0.2) is 104 Å². The number of likely N-dealkylation sites (tertiary alicyclic amines) is 2. The van der Waals surface area contributed by atoms with Crippen molar-refractivity contribution in [1.82, 2.24) is 25.1 Å². The first kappa shape index (κ1) is 36.9. The molecule has 1 aliphatic carbocycles. The van der Waals surface area contributed by atoms with Crippen LogP contribution in [0.1, 0.15) is 62.9 Å². The van der Waals surface area contributed by atoms with Gasteiger partial charge in [0.05, 0.1) is 30.6 Å². The summed E-state index contributed by atoms with van der Waals surface area (Å²) in [7, 11) is 0. The van der Waals surface area contributed by atoms with Gasteiger partial charge in [-0.15, -0.1) is 0 Å². The predicted octanol–water partition coefficient (Wildman–Crippen LogP) is 3.04. The quantitative estimate of drug-likeness (QED) is 0.143. The lowest BCUT2D eigenvalue weighted by Crippen LogP contribution is -2.54. The summed E-state index contributed by atoms with van der Waals surface area (Å²) in [5, 5.41) is 20.2. The molecule has 0 bridgehead atoms. The Kier molecular flexibility index (Phi) is 9.40. The minimum absolute atomic E-state index is 0.000541. The highest BCUT2D eigenvalue weighted by Gasteiger charge is 2.64. The highest BCUT2D eigenvalue weighted by molar-refractivity contribution is 6.64. The number of benzene rings is 1. The summed E-state index contributed by atoms with van der Waals surface area (Å²) < 4.78 is 128. The molecule has 2 aliphatic heterocycles. The summed E-state index contributed by atoms with van der Waals surface area (Å²) in [5.41, 5.74) is -1.55. The number of amides is 3. The topological polar surface area (TPSA) is 157 Å². The number of aromatic amines is 1. The summed E-state index contributed by atoms with van der Waals surface area (Å²) >= 11 is 0. The SMILES string of the molecule is C/C(=N/O)C(=[NH2+])C(=O)N[C@H](c1nc2c(F)c([C@@H]3CN(C(=O)C(C)(F)F)C[C@@H]3C(=O)N3CC(F)(F)C(F)(F)C3)ccc2[nH]1)C1CCC(F)(F)CC1. The lowest BCUT2D eigenvalue weighted by Gasteiger charge is -2.33. The Bertz CT molecular complexity index is 1720. The van der Waals surface area contributed by atoms with E-state index < -0.39 is 121 Å². The van der Waals surface area contributed by atoms with E-state index in [4.69, 9.17) is 10.6 Å². The van der Waals surface area contributed by atoms with Crippen LogP contribution >= 0.6 is 0 Å². The van der Waals surface area contributed by atoms with Gasteiger partial charge < -0.3 is 25.3 Å². The van der Waals surface area contributed by atoms with E-state index in [0.717, 1.165) is 6.07 Å². The van der Waals surface area contributed by atoms with Crippen LogP contribution in [0.2, 0.25) is 0 Å². The molecule has 3 fully saturated rings. The Balaban J connectivity index is 1.52. The largest absolute Gasteiger partial charge is 0.410 e. The van der Waals surface area contributed by atoms with Crippen LogP contribution in [0, 0.1) is 17.7 Å². The molecular formula is C30H33F9N7O4+. The third-order valence-corrected chi connectivity index (χ3v) is 9.56. The second kappa shape index (κ2) is 12.7. The number of alkyl halides is 8. The van der Waals surface area contributed by atoms with Gasteiger partial charge in [-0.25, -0.2) is 23.6 Å². The van der Waals surface area contributed by atoms with Crippen molar-refractivity contribution in [3.63, 3.8) is 0 Å². The third kappa shape index (κ3) is 6.84. The Morgan fingerprint density at radius 2 is 1.66 bits per heavy atom. The van der Waals surface area contributed by atoms with Gasteiger partial charge in [-0.1, -0.05) is 11.2 Å². The number of carbonyl (C=O) groups is 3. The zero-order chi connectivity index (χ0) is 37.1. The molecule has 1 aromatic heterocycles. The Hall–Kier alpha value is -4.39. The molecule has 1 saturated carbocycles. The summed E-state index contributed by atoms with van der Waals surface area (Å²) in [5.74, 6) is -25.2. The summed E-state index contributed by atoms with van der Waals surface area (Å²) in [6, 6.07) is 1.23. The number of aromatic nitrogens is 2. The van der Waals surface area contributed by atoms with Gasteiger partial charge in [-0.05, 0) is 37.3 Å². The molecule has 5 rings (SSSR count). The number of H-pyrrole nitrogens is 1. The van der Waals surface area contributed by atoms with Crippen molar-refractivity contribution >= 4 is 40.2 Å². The van der Waals surface area contributed by atoms with Crippen molar-refractivity contribution in [2.45, 2.75) is 75.2 Å². The highest BCUT2D eigenvalue weighted by Crippen LogP contribution is 2.45. The number of rotatable bonds is 8. The van der Waals surface area contributed by atoms with E-state index in [1.807, 2.05) is 0 Å². The maximum absolute atomic E-state index is 16.4. The minimum atomic E-state index is -4.59. The molecule has 11 nitrogen and oxygen atoms in total. The van der Waals surface area contributed by atoms with Crippen LogP contribution in [0.3, 0.4) is 0 Å². The molecule has 2 aromatic rings. The normalized spacial score (nSPS) is 24.4. The fourth-order valence-electron chi connectivity index (χ4n) is 6.72. The first-order valence-corrected chi connectivity index (χ1v) is 15.5. The number of halogens is 9. The van der Waals surface area contributed by atoms with Crippen LogP contribution < -0.4 is 10.7 Å². The van der Waals surface area contributed by atoms with E-state index in [0.29, 0.717) is 4.90 Å². The third-order valence-electron chi connectivity index (χ3n) is 9.56. The number of imidazole rings is 1. The van der Waals surface area contributed by atoms with Crippen molar-refractivity contribution in [2.24, 2.45) is 17.0 Å². The monoisotopic (exact) mass is 726 g/mol. The lowest BCUT2D eigenvalue weighted by molar-refractivity contribution is -0.172. The molecule has 50 heavy (non-hydrogen) atoms. The van der Waals surface area contributed by atoms with Gasteiger partial charge in [0.15, 0.2) is 11.5 Å². The average Bonchev–Trinajstić information content (AvgIpc) is 3.72. The maximum atomic E-state index is 16.4. The van der Waals surface area contributed by atoms with E-state index in [1.165, 1.54) is 13.0 Å². The summed E-state index contributed by atoms with van der Waals surface area (Å²) in [6.07, 6.45) is -1.25. The molecule has 3 atom stereocenters. The lowest BCUT2D eigenvalue weighted by atomic mass is 9.81. The number of nitrogens with zero attached hydrogens (tertiary/aromatic N) is 4. The van der Waals surface area contributed by atoms with Crippen LogP contribution in [0.15, 0.2) is 17.3 Å². The van der Waals surface area contributed by atoms with Gasteiger partial charge in [0.1, 0.15) is 11.3 Å². The van der Waals surface area contributed by atoms with E-state index in [2.05, 4.69) is 20.4 Å². The van der Waals surface area contributed by atoms with Crippen molar-refractivity contribution in [1.29, 1.82) is 0 Å². The number of nitrogens with two attached hydrogens (primary N) is 1. The molecule has 0 unspecified atom stereocenters. The molecule has 0 radical (unpaired) electrons. The number of hydrogen-bond donors (Lipinski definition) is 4. The van der Waals surface area contributed by atoms with Gasteiger partial charge in [0.25, 0.3) is 11.6 Å². The molecule has 3 amide bonds. The smallest absolute Gasteiger partial charge is 0.329 e. The van der Waals surface area contributed by atoms with Crippen LogP contribution in [0.25, 0.3) is 11.0 Å². The van der Waals surface area contributed by atoms with Crippen molar-refractivity contribution in [3.8, 4) is 0 Å². The minimum Gasteiger partial charge on any atom is -0.410 e. The van der Waals surface area contributed by atoms with Crippen LogP contribution in [-0.2, 0) is 14.4 Å². The van der Waals surface area contributed by atoms with Crippen molar-refractivity contribution in [3.05, 3.63) is 29.3 Å². The van der Waals surface area contributed by atoms with Crippen molar-refractivity contribution in [2.75, 3.05) is 26.2 Å². The van der Waals surface area contributed by atoms with Gasteiger partial charge in [0, 0.05) is 38.8 Å². The molecular weight excluding hydrogens is 693 g/mol. The second-order valence-electron chi connectivity index (χ2n) is 13.1. The Labute approximate surface area is 277 Å². The van der Waals surface area contributed by atoms with E-state index in [1.54, 1.807) is 0 Å². The highest BCUT2D eigenvalue weighted by atomic mass is 19.3. The van der Waals surface area contributed by atoms with E-state index in [-0.39, 0.29) is 47.3 Å². The average molecular weight is 727 g/mol. The molecule has 0 spiro atoms. The van der Waals surface area contributed by atoms with Crippen molar-refractivity contribution < 1.29 is 64.5 Å². The van der Waals surface area contributed by atoms with E-state index in [9.17, 15) is 49.5 Å². The zero-order valence-corrected chi connectivity index (χ0v) is 26.6. The van der Waals surface area contributed by atoms with Crippen LogP contribution in [0.4, 0.5) is 39.5 Å². The fraction of sp³-hybridized carbons (Fsp3) is 0.600. The van der Waals surface area contributed by atoms with Gasteiger partial charge in [-0.2, -0.15) is 26.3 Å². The van der Waals surface area contributed by atoms with Crippen LogP contribution in [0.5, 0.6) is 0 Å². The van der Waals surface area contributed by atoms with Gasteiger partial charge in [0.2, 0.25) is 11.8 Å². The van der Waals surface area contributed by atoms with Gasteiger partial charge >= 0.3 is 23.7 Å². The maximum Gasteiger partial charge on any atom is 0.329 e. The number of oxime groups is 1. The first-order valence-electron chi connectivity index (χ1n) is 15.5. The standard InChI is InChI=1S/C30H32F9N7O4/c1-13(44-50)20(40)24(47)43-21(14-5-7-28(34,35)8-6-14)23-41-18-4-3-15(19(31)22(18)42-23)16-9-45(26(49)27(2,32)33)10-17(16)25(48)46-11-29(36,37)30(38,39)12-46/h3-4,14,16-17,21,40,50H,5-12H2,1-2H3,(H,41,42)(H,43,47)/p+1/b40-20?,44-13-/t16-,17-,21-/m0/s1. The molecule has 3 heterocycles.